The Morgan fingerprint density at radius 2 is 2.21 bits per heavy atom. The van der Waals surface area contributed by atoms with Crippen LogP contribution in [0.4, 0.5) is 5.69 Å². The van der Waals surface area contributed by atoms with Crippen molar-refractivity contribution in [3.05, 3.63) is 28.8 Å². The highest BCUT2D eigenvalue weighted by atomic mass is 35.5. The third-order valence-corrected chi connectivity index (χ3v) is 3.01. The zero-order valence-corrected chi connectivity index (χ0v) is 9.14. The van der Waals surface area contributed by atoms with Crippen molar-refractivity contribution in [2.45, 2.75) is 13.0 Å². The van der Waals surface area contributed by atoms with Gasteiger partial charge in [0, 0.05) is 13.6 Å². The molecule has 1 aliphatic heterocycles. The van der Waals surface area contributed by atoms with Crippen molar-refractivity contribution < 1.29 is 0 Å². The number of hydrogen-bond acceptors (Lipinski definition) is 2. The number of hydrogen-bond donors (Lipinski definition) is 1. The van der Waals surface area contributed by atoms with Gasteiger partial charge >= 0.3 is 0 Å². The fraction of sp³-hybridized carbons (Fsp3) is 0.455. The molecule has 0 atom stereocenters. The van der Waals surface area contributed by atoms with Gasteiger partial charge in [-0.1, -0.05) is 23.7 Å². The first-order chi connectivity index (χ1) is 6.81. The van der Waals surface area contributed by atoms with Gasteiger partial charge in [-0.25, -0.2) is 0 Å². The van der Waals surface area contributed by atoms with Gasteiger partial charge in [0.1, 0.15) is 0 Å². The van der Waals surface area contributed by atoms with Crippen molar-refractivity contribution in [1.29, 1.82) is 0 Å². The van der Waals surface area contributed by atoms with E-state index >= 15 is 0 Å². The van der Waals surface area contributed by atoms with E-state index < -0.39 is 0 Å². The summed E-state index contributed by atoms with van der Waals surface area (Å²) in [5.41, 5.74) is 2.36. The van der Waals surface area contributed by atoms with E-state index in [1.165, 1.54) is 25.1 Å². The molecular formula is C11H15ClN2. The third kappa shape index (κ3) is 1.86. The fourth-order valence-corrected chi connectivity index (χ4v) is 2.05. The summed E-state index contributed by atoms with van der Waals surface area (Å²) < 4.78 is 0. The maximum atomic E-state index is 6.09. The summed E-state index contributed by atoms with van der Waals surface area (Å²) in [5, 5.41) is 3.97. The summed E-state index contributed by atoms with van der Waals surface area (Å²) in [5.74, 6) is 0. The van der Waals surface area contributed by atoms with Gasteiger partial charge < -0.3 is 5.32 Å². The zero-order valence-electron chi connectivity index (χ0n) is 8.39. The Morgan fingerprint density at radius 1 is 1.43 bits per heavy atom. The second-order valence-electron chi connectivity index (χ2n) is 3.65. The summed E-state index contributed by atoms with van der Waals surface area (Å²) in [7, 11) is 1.92. The lowest BCUT2D eigenvalue weighted by atomic mass is 10.1. The largest absolute Gasteiger partial charge is 0.387 e. The van der Waals surface area contributed by atoms with E-state index in [9.17, 15) is 0 Å². The van der Waals surface area contributed by atoms with Gasteiger partial charge in [0.15, 0.2) is 0 Å². The molecule has 1 aliphatic rings. The molecule has 0 unspecified atom stereocenters. The monoisotopic (exact) mass is 210 g/mol. The van der Waals surface area contributed by atoms with Crippen molar-refractivity contribution in [1.82, 2.24) is 4.90 Å². The van der Waals surface area contributed by atoms with Crippen molar-refractivity contribution >= 4 is 17.3 Å². The standard InChI is InChI=1S/C11H15ClN2/c1-13-11-9(4-2-5-10(11)12)8-14-6-3-7-14/h2,4-5,13H,3,6-8H2,1H3. The Hall–Kier alpha value is -0.730. The molecule has 2 rings (SSSR count). The smallest absolute Gasteiger partial charge is 0.0640 e. The average Bonchev–Trinajstić information content (AvgIpc) is 2.11. The van der Waals surface area contributed by atoms with Gasteiger partial charge in [0.05, 0.1) is 10.7 Å². The summed E-state index contributed by atoms with van der Waals surface area (Å²) in [6.45, 7) is 3.45. The van der Waals surface area contributed by atoms with Crippen LogP contribution in [0.15, 0.2) is 18.2 Å². The summed E-state index contributed by atoms with van der Waals surface area (Å²) in [6, 6.07) is 6.07. The lowest BCUT2D eigenvalue weighted by molar-refractivity contribution is 0.173. The third-order valence-electron chi connectivity index (χ3n) is 2.69. The van der Waals surface area contributed by atoms with Crippen LogP contribution < -0.4 is 5.32 Å². The van der Waals surface area contributed by atoms with Crippen LogP contribution in [0.25, 0.3) is 0 Å². The predicted octanol–water partition coefficient (Wildman–Crippen LogP) is 2.59. The Labute approximate surface area is 89.9 Å². The van der Waals surface area contributed by atoms with Crippen LogP contribution in [0.3, 0.4) is 0 Å². The number of likely N-dealkylation sites (tertiary alicyclic amines) is 1. The summed E-state index contributed by atoms with van der Waals surface area (Å²) >= 11 is 6.09. The SMILES string of the molecule is CNc1c(Cl)cccc1CN1CCC1. The minimum absolute atomic E-state index is 0.811. The molecule has 14 heavy (non-hydrogen) atoms. The molecule has 2 nitrogen and oxygen atoms in total. The Kier molecular flexibility index (Phi) is 2.94. The number of nitrogens with zero attached hydrogens (tertiary/aromatic N) is 1. The van der Waals surface area contributed by atoms with Crippen LogP contribution in [0.5, 0.6) is 0 Å². The molecular weight excluding hydrogens is 196 g/mol. The normalized spacial score (nSPS) is 16.4. The van der Waals surface area contributed by atoms with Crippen LogP contribution in [0.2, 0.25) is 5.02 Å². The maximum absolute atomic E-state index is 6.09. The molecule has 3 heteroatoms. The van der Waals surface area contributed by atoms with E-state index in [1.54, 1.807) is 0 Å². The van der Waals surface area contributed by atoms with Gasteiger partial charge in [-0.05, 0) is 31.1 Å². The van der Waals surface area contributed by atoms with Gasteiger partial charge in [0.2, 0.25) is 0 Å². The number of rotatable bonds is 3. The first-order valence-corrected chi connectivity index (χ1v) is 5.36. The predicted molar refractivity (Wildman–Crippen MR) is 60.9 cm³/mol. The van der Waals surface area contributed by atoms with E-state index in [1.807, 2.05) is 19.2 Å². The molecule has 1 saturated heterocycles. The molecule has 0 spiro atoms. The van der Waals surface area contributed by atoms with E-state index in [2.05, 4.69) is 16.3 Å². The average molecular weight is 211 g/mol. The van der Waals surface area contributed by atoms with E-state index in [0.717, 1.165) is 17.3 Å². The van der Waals surface area contributed by atoms with Crippen molar-refractivity contribution in [3.63, 3.8) is 0 Å². The maximum Gasteiger partial charge on any atom is 0.0640 e. The Morgan fingerprint density at radius 3 is 2.79 bits per heavy atom. The highest BCUT2D eigenvalue weighted by Gasteiger charge is 2.15. The van der Waals surface area contributed by atoms with Crippen LogP contribution >= 0.6 is 11.6 Å². The molecule has 1 heterocycles. The quantitative estimate of drug-likeness (QED) is 0.825. The van der Waals surface area contributed by atoms with Gasteiger partial charge in [0.25, 0.3) is 0 Å². The zero-order chi connectivity index (χ0) is 9.97. The second-order valence-corrected chi connectivity index (χ2v) is 4.06. The van der Waals surface area contributed by atoms with Crippen molar-refractivity contribution in [3.8, 4) is 0 Å². The lowest BCUT2D eigenvalue weighted by Crippen LogP contribution is -2.36. The number of anilines is 1. The minimum Gasteiger partial charge on any atom is -0.387 e. The molecule has 1 aromatic carbocycles. The Bertz CT molecular complexity index is 321. The number of benzene rings is 1. The number of halogens is 1. The minimum atomic E-state index is 0.811. The van der Waals surface area contributed by atoms with E-state index in [-0.39, 0.29) is 0 Å². The molecule has 0 saturated carbocycles. The number of para-hydroxylation sites is 1. The van der Waals surface area contributed by atoms with Crippen LogP contribution in [0, 0.1) is 0 Å². The molecule has 0 radical (unpaired) electrons. The number of nitrogens with one attached hydrogen (secondary N) is 1. The van der Waals surface area contributed by atoms with Crippen molar-refractivity contribution in [2.75, 3.05) is 25.5 Å². The molecule has 1 aromatic rings. The van der Waals surface area contributed by atoms with E-state index in [0.29, 0.717) is 0 Å². The fourth-order valence-electron chi connectivity index (χ4n) is 1.76. The van der Waals surface area contributed by atoms with Crippen LogP contribution in [-0.4, -0.2) is 25.0 Å². The van der Waals surface area contributed by atoms with E-state index in [4.69, 9.17) is 11.6 Å². The van der Waals surface area contributed by atoms with Crippen LogP contribution in [0.1, 0.15) is 12.0 Å². The first-order valence-electron chi connectivity index (χ1n) is 4.99. The van der Waals surface area contributed by atoms with Gasteiger partial charge in [-0.2, -0.15) is 0 Å². The highest BCUT2D eigenvalue weighted by molar-refractivity contribution is 6.33. The molecule has 0 aliphatic carbocycles. The van der Waals surface area contributed by atoms with Crippen LogP contribution in [-0.2, 0) is 6.54 Å². The molecule has 1 N–H and O–H groups in total. The topological polar surface area (TPSA) is 15.3 Å². The Balaban J connectivity index is 2.17. The second kappa shape index (κ2) is 4.20. The molecule has 0 aromatic heterocycles. The highest BCUT2D eigenvalue weighted by Crippen LogP contribution is 2.27. The molecule has 0 bridgehead atoms. The van der Waals surface area contributed by atoms with Gasteiger partial charge in [-0.15, -0.1) is 0 Å². The summed E-state index contributed by atoms with van der Waals surface area (Å²) in [6.07, 6.45) is 1.33. The summed E-state index contributed by atoms with van der Waals surface area (Å²) in [4.78, 5) is 2.42. The van der Waals surface area contributed by atoms with Crippen molar-refractivity contribution in [2.24, 2.45) is 0 Å². The molecule has 76 valence electrons. The van der Waals surface area contributed by atoms with Gasteiger partial charge in [-0.3, -0.25) is 4.90 Å². The molecule has 1 fully saturated rings. The lowest BCUT2D eigenvalue weighted by Gasteiger charge is -2.31. The first kappa shape index (κ1) is 9.81. The molecule has 0 amide bonds.